The number of aryl methyl sites for hydroxylation is 2. The fraction of sp³-hybridized carbons (Fsp3) is 0.133. The zero-order valence-electron chi connectivity index (χ0n) is 10.8. The summed E-state index contributed by atoms with van der Waals surface area (Å²) in [5.41, 5.74) is 7.73. The molecule has 0 unspecified atom stereocenters. The van der Waals surface area contributed by atoms with E-state index in [-0.39, 0.29) is 11.3 Å². The molecule has 0 aliphatic carbocycles. The Hall–Kier alpha value is -2.49. The molecule has 4 nitrogen and oxygen atoms in total. The molecule has 0 atom stereocenters. The van der Waals surface area contributed by atoms with E-state index in [0.29, 0.717) is 17.1 Å². The van der Waals surface area contributed by atoms with Crippen molar-refractivity contribution in [2.45, 2.75) is 13.8 Å². The molecule has 0 radical (unpaired) electrons. The van der Waals surface area contributed by atoms with Gasteiger partial charge < -0.3 is 15.6 Å². The van der Waals surface area contributed by atoms with Crippen LogP contribution in [0.25, 0.3) is 0 Å². The van der Waals surface area contributed by atoms with Gasteiger partial charge in [-0.2, -0.15) is 0 Å². The predicted octanol–water partition coefficient (Wildman–Crippen LogP) is 3.38. The second kappa shape index (κ2) is 5.02. The lowest BCUT2D eigenvalue weighted by atomic mass is 10.1. The van der Waals surface area contributed by atoms with E-state index in [0.717, 1.165) is 5.56 Å². The largest absolute Gasteiger partial charge is 0.478 e. The minimum Gasteiger partial charge on any atom is -0.478 e. The van der Waals surface area contributed by atoms with Gasteiger partial charge >= 0.3 is 5.97 Å². The average molecular weight is 257 g/mol. The van der Waals surface area contributed by atoms with E-state index in [1.54, 1.807) is 13.0 Å². The Morgan fingerprint density at radius 1 is 1.16 bits per heavy atom. The molecule has 0 saturated heterocycles. The molecule has 0 saturated carbocycles. The van der Waals surface area contributed by atoms with Crippen LogP contribution < -0.4 is 10.5 Å². The minimum absolute atomic E-state index is 0.0589. The lowest BCUT2D eigenvalue weighted by Crippen LogP contribution is -2.04. The molecule has 0 aliphatic heterocycles. The fourth-order valence-corrected chi connectivity index (χ4v) is 1.80. The van der Waals surface area contributed by atoms with E-state index in [1.807, 2.05) is 31.2 Å². The number of benzene rings is 2. The van der Waals surface area contributed by atoms with E-state index >= 15 is 0 Å². The third-order valence-corrected chi connectivity index (χ3v) is 2.91. The molecule has 19 heavy (non-hydrogen) atoms. The van der Waals surface area contributed by atoms with E-state index in [9.17, 15) is 4.79 Å². The number of nitrogen functional groups attached to an aromatic ring is 1. The van der Waals surface area contributed by atoms with Crippen molar-refractivity contribution in [3.63, 3.8) is 0 Å². The summed E-state index contributed by atoms with van der Waals surface area (Å²) in [6, 6.07) is 10.7. The fourth-order valence-electron chi connectivity index (χ4n) is 1.80. The highest BCUT2D eigenvalue weighted by molar-refractivity contribution is 5.95. The summed E-state index contributed by atoms with van der Waals surface area (Å²) >= 11 is 0. The lowest BCUT2D eigenvalue weighted by molar-refractivity contribution is 0.0697. The summed E-state index contributed by atoms with van der Waals surface area (Å²) in [6.45, 7) is 3.68. The van der Waals surface area contributed by atoms with Gasteiger partial charge in [0, 0.05) is 5.69 Å². The summed E-state index contributed by atoms with van der Waals surface area (Å²) in [7, 11) is 0. The molecule has 0 amide bonds. The number of anilines is 1. The lowest BCUT2D eigenvalue weighted by Gasteiger charge is -2.12. The SMILES string of the molecule is Cc1ccccc1Oc1cc(C)c(N)c(C(=O)O)c1. The van der Waals surface area contributed by atoms with Gasteiger partial charge in [-0.3, -0.25) is 0 Å². The van der Waals surface area contributed by atoms with Gasteiger partial charge in [0.2, 0.25) is 0 Å². The van der Waals surface area contributed by atoms with Crippen molar-refractivity contribution in [2.24, 2.45) is 0 Å². The maximum absolute atomic E-state index is 11.1. The third-order valence-electron chi connectivity index (χ3n) is 2.91. The van der Waals surface area contributed by atoms with Gasteiger partial charge in [-0.25, -0.2) is 4.79 Å². The first-order valence-corrected chi connectivity index (χ1v) is 5.86. The zero-order valence-corrected chi connectivity index (χ0v) is 10.8. The quantitative estimate of drug-likeness (QED) is 0.827. The van der Waals surface area contributed by atoms with Crippen LogP contribution >= 0.6 is 0 Å². The Labute approximate surface area is 111 Å². The summed E-state index contributed by atoms with van der Waals surface area (Å²) in [4.78, 5) is 11.1. The number of carboxylic acids is 1. The number of hydrogen-bond acceptors (Lipinski definition) is 3. The molecule has 0 heterocycles. The van der Waals surface area contributed by atoms with E-state index in [1.165, 1.54) is 6.07 Å². The zero-order chi connectivity index (χ0) is 14.0. The summed E-state index contributed by atoms with van der Waals surface area (Å²) in [6.07, 6.45) is 0. The normalized spacial score (nSPS) is 10.2. The number of carboxylic acid groups (broad SMARTS) is 1. The van der Waals surface area contributed by atoms with Crippen molar-refractivity contribution in [1.82, 2.24) is 0 Å². The number of hydrogen-bond donors (Lipinski definition) is 2. The van der Waals surface area contributed by atoms with Crippen LogP contribution in [0.1, 0.15) is 21.5 Å². The van der Waals surface area contributed by atoms with Gasteiger partial charge in [-0.05, 0) is 43.2 Å². The minimum atomic E-state index is -1.06. The van der Waals surface area contributed by atoms with Gasteiger partial charge in [0.1, 0.15) is 11.5 Å². The van der Waals surface area contributed by atoms with Crippen LogP contribution in [0, 0.1) is 13.8 Å². The van der Waals surface area contributed by atoms with Gasteiger partial charge in [-0.15, -0.1) is 0 Å². The van der Waals surface area contributed by atoms with Gasteiger partial charge in [0.15, 0.2) is 0 Å². The topological polar surface area (TPSA) is 72.5 Å². The van der Waals surface area contributed by atoms with Crippen LogP contribution in [0.3, 0.4) is 0 Å². The molecule has 98 valence electrons. The highest BCUT2D eigenvalue weighted by Crippen LogP contribution is 2.29. The Balaban J connectivity index is 2.42. The predicted molar refractivity (Wildman–Crippen MR) is 73.8 cm³/mol. The van der Waals surface area contributed by atoms with Gasteiger partial charge in [0.05, 0.1) is 5.56 Å². The highest BCUT2D eigenvalue weighted by atomic mass is 16.5. The second-order valence-corrected chi connectivity index (χ2v) is 4.37. The number of para-hydroxylation sites is 1. The number of aromatic carboxylic acids is 1. The van der Waals surface area contributed by atoms with Crippen LogP contribution in [0.15, 0.2) is 36.4 Å². The molecule has 0 fully saturated rings. The van der Waals surface area contributed by atoms with Crippen LogP contribution in [0.4, 0.5) is 5.69 Å². The van der Waals surface area contributed by atoms with E-state index in [2.05, 4.69) is 0 Å². The summed E-state index contributed by atoms with van der Waals surface area (Å²) in [5.74, 6) is 0.109. The second-order valence-electron chi connectivity index (χ2n) is 4.37. The smallest absolute Gasteiger partial charge is 0.337 e. The van der Waals surface area contributed by atoms with Gasteiger partial charge in [0.25, 0.3) is 0 Å². The first-order chi connectivity index (χ1) is 8.99. The monoisotopic (exact) mass is 257 g/mol. The molecular formula is C15H15NO3. The van der Waals surface area contributed by atoms with Crippen molar-refractivity contribution in [1.29, 1.82) is 0 Å². The van der Waals surface area contributed by atoms with Crippen molar-refractivity contribution >= 4 is 11.7 Å². The molecule has 0 bridgehead atoms. The number of carbonyl (C=O) groups is 1. The molecule has 0 spiro atoms. The van der Waals surface area contributed by atoms with E-state index in [4.69, 9.17) is 15.6 Å². The number of rotatable bonds is 3. The summed E-state index contributed by atoms with van der Waals surface area (Å²) in [5, 5.41) is 9.10. The Morgan fingerprint density at radius 2 is 1.84 bits per heavy atom. The molecule has 2 aromatic carbocycles. The molecule has 2 rings (SSSR count). The van der Waals surface area contributed by atoms with Crippen molar-refractivity contribution in [3.05, 3.63) is 53.1 Å². The molecule has 3 N–H and O–H groups in total. The highest BCUT2D eigenvalue weighted by Gasteiger charge is 2.13. The van der Waals surface area contributed by atoms with Crippen molar-refractivity contribution < 1.29 is 14.6 Å². The Kier molecular flexibility index (Phi) is 3.42. The van der Waals surface area contributed by atoms with E-state index < -0.39 is 5.97 Å². The molecule has 2 aromatic rings. The molecule has 0 aromatic heterocycles. The van der Waals surface area contributed by atoms with Gasteiger partial charge in [-0.1, -0.05) is 18.2 Å². The maximum atomic E-state index is 11.1. The third kappa shape index (κ3) is 2.68. The maximum Gasteiger partial charge on any atom is 0.337 e. The first kappa shape index (κ1) is 13.0. The van der Waals surface area contributed by atoms with Crippen molar-refractivity contribution in [2.75, 3.05) is 5.73 Å². The Morgan fingerprint density at radius 3 is 2.47 bits per heavy atom. The van der Waals surface area contributed by atoms with Crippen LogP contribution in [0.2, 0.25) is 0 Å². The molecule has 0 aliphatic rings. The number of nitrogens with two attached hydrogens (primary N) is 1. The summed E-state index contributed by atoms with van der Waals surface area (Å²) < 4.78 is 5.72. The average Bonchev–Trinajstić information content (AvgIpc) is 2.36. The number of ether oxygens (including phenoxy) is 1. The van der Waals surface area contributed by atoms with Crippen LogP contribution in [-0.2, 0) is 0 Å². The van der Waals surface area contributed by atoms with Crippen LogP contribution in [0.5, 0.6) is 11.5 Å². The standard InChI is InChI=1S/C15H15NO3/c1-9-5-3-4-6-13(9)19-11-7-10(2)14(16)12(8-11)15(17)18/h3-8H,16H2,1-2H3,(H,17,18). The molecule has 4 heteroatoms. The van der Waals surface area contributed by atoms with Crippen LogP contribution in [-0.4, -0.2) is 11.1 Å². The van der Waals surface area contributed by atoms with Crippen molar-refractivity contribution in [3.8, 4) is 11.5 Å². The first-order valence-electron chi connectivity index (χ1n) is 5.86. The molecular weight excluding hydrogens is 242 g/mol. The Bertz CT molecular complexity index is 635.